The van der Waals surface area contributed by atoms with Gasteiger partial charge in [0, 0.05) is 55.2 Å². The average Bonchev–Trinajstić information content (AvgIpc) is 3.89. The molecule has 0 bridgehead atoms. The molecule has 0 atom stereocenters. The molecule has 2 aliphatic heterocycles. The van der Waals surface area contributed by atoms with Crippen molar-refractivity contribution in [2.75, 3.05) is 9.80 Å². The minimum atomic E-state index is -0.505. The Balaban J connectivity index is 1.22. The van der Waals surface area contributed by atoms with E-state index in [1.807, 2.05) is 103 Å². The average molecular weight is 749 g/mol. The predicted octanol–water partition coefficient (Wildman–Crippen LogP) is 10.5. The number of thiophene rings is 2. The molecule has 2 aromatic heterocycles. The van der Waals surface area contributed by atoms with Crippen molar-refractivity contribution in [2.45, 2.75) is 55.4 Å². The molecule has 8 rings (SSSR count). The summed E-state index contributed by atoms with van der Waals surface area (Å²) in [7, 11) is 0. The molecule has 6 aromatic rings. The van der Waals surface area contributed by atoms with Crippen LogP contribution in [0.3, 0.4) is 0 Å². The highest BCUT2D eigenvalue weighted by Gasteiger charge is 2.42. The predicted molar refractivity (Wildman–Crippen MR) is 220 cm³/mol. The van der Waals surface area contributed by atoms with Gasteiger partial charge >= 0.3 is 0 Å². The summed E-state index contributed by atoms with van der Waals surface area (Å²) in [4.78, 5) is 72.1. The van der Waals surface area contributed by atoms with Crippen molar-refractivity contribution in [3.8, 4) is 0 Å². The molecular formula is C44H36N4O4S2. The summed E-state index contributed by atoms with van der Waals surface area (Å²) in [5.41, 5.74) is 10.3. The van der Waals surface area contributed by atoms with Gasteiger partial charge in [0.25, 0.3) is 23.6 Å². The second-order valence-corrected chi connectivity index (χ2v) is 15.9. The normalized spacial score (nSPS) is 14.2. The fraction of sp³-hybridized carbons (Fsp3) is 0.182. The summed E-state index contributed by atoms with van der Waals surface area (Å²) >= 11 is 3.19. The number of hydrogen-bond donors (Lipinski definition) is 0. The zero-order valence-corrected chi connectivity index (χ0v) is 32.8. The Morgan fingerprint density at radius 2 is 0.741 bits per heavy atom. The lowest BCUT2D eigenvalue weighted by Gasteiger charge is -2.34. The van der Waals surface area contributed by atoms with Crippen LogP contribution in [0.25, 0.3) is 10.8 Å². The first-order valence-corrected chi connectivity index (χ1v) is 19.3. The molecule has 0 saturated carbocycles. The Kier molecular flexibility index (Phi) is 8.43. The molecule has 268 valence electrons. The van der Waals surface area contributed by atoms with Gasteiger partial charge in [0.05, 0.1) is 22.7 Å². The van der Waals surface area contributed by atoms with Crippen LogP contribution >= 0.6 is 22.7 Å². The molecule has 54 heavy (non-hydrogen) atoms. The Hall–Kier alpha value is -5.84. The van der Waals surface area contributed by atoms with E-state index in [0.717, 1.165) is 65.6 Å². The van der Waals surface area contributed by atoms with Gasteiger partial charge in [-0.05, 0) is 147 Å². The number of benzene rings is 4. The number of carbonyl (C=O) groups excluding carboxylic acids is 4. The highest BCUT2D eigenvalue weighted by molar-refractivity contribution is 7.12. The SMILES string of the molecule is Cc1c(C)c(N2C(=O)c3ccc4c5c(ccc(c35)C2=O)C(=O)N(c2c(C)c(C)c(N=Cc3cccs3)c(C)c2C)C4=O)c(C)c(C)c1N=Cc1cccs1. The standard InChI is InChI=1S/C44H36N4O4S2/c1-21-25(5)39(26(6)22(2)37(21)45-19-29-11-9-17-53-29)47-41(49)31-13-15-33-36-34(16-14-32(35(31)36)42(47)50)44(52)48(43(33)51)40-27(7)23(3)38(24(4)28(40)8)46-20-30-12-10-18-54-30/h9-20H,1-8H3. The number of hydrogen-bond acceptors (Lipinski definition) is 8. The molecule has 0 aliphatic carbocycles. The number of anilines is 2. The van der Waals surface area contributed by atoms with E-state index in [1.54, 1.807) is 46.9 Å². The zero-order valence-electron chi connectivity index (χ0n) is 31.2. The fourth-order valence-corrected chi connectivity index (χ4v) is 9.04. The van der Waals surface area contributed by atoms with E-state index in [0.29, 0.717) is 22.1 Å². The lowest BCUT2D eigenvalue weighted by molar-refractivity contribution is 0.0872. The molecule has 0 N–H and O–H groups in total. The third kappa shape index (κ3) is 5.08. The van der Waals surface area contributed by atoms with E-state index in [4.69, 9.17) is 9.98 Å². The fourth-order valence-electron chi connectivity index (χ4n) is 7.87. The second kappa shape index (κ2) is 12.9. The molecule has 2 aliphatic rings. The Morgan fingerprint density at radius 1 is 0.444 bits per heavy atom. The zero-order chi connectivity index (χ0) is 38.3. The smallest absolute Gasteiger partial charge is 0.266 e. The number of amides is 4. The maximum absolute atomic E-state index is 14.5. The van der Waals surface area contributed by atoms with E-state index >= 15 is 0 Å². The van der Waals surface area contributed by atoms with Crippen LogP contribution < -0.4 is 9.80 Å². The van der Waals surface area contributed by atoms with Crippen molar-refractivity contribution in [1.29, 1.82) is 0 Å². The van der Waals surface area contributed by atoms with Crippen LogP contribution in [0.2, 0.25) is 0 Å². The molecule has 0 unspecified atom stereocenters. The van der Waals surface area contributed by atoms with Crippen molar-refractivity contribution in [3.05, 3.63) is 136 Å². The van der Waals surface area contributed by atoms with Crippen LogP contribution in [0.15, 0.2) is 69.3 Å². The monoisotopic (exact) mass is 748 g/mol. The van der Waals surface area contributed by atoms with Crippen molar-refractivity contribution in [3.63, 3.8) is 0 Å². The second-order valence-electron chi connectivity index (χ2n) is 13.9. The van der Waals surface area contributed by atoms with Gasteiger partial charge < -0.3 is 0 Å². The molecule has 0 fully saturated rings. The first kappa shape index (κ1) is 35.2. The van der Waals surface area contributed by atoms with Gasteiger partial charge in [-0.15, -0.1) is 22.7 Å². The van der Waals surface area contributed by atoms with Gasteiger partial charge in [-0.2, -0.15) is 0 Å². The third-order valence-electron chi connectivity index (χ3n) is 11.2. The van der Waals surface area contributed by atoms with Crippen LogP contribution in [0.4, 0.5) is 22.7 Å². The maximum atomic E-state index is 14.5. The molecular weight excluding hydrogens is 713 g/mol. The minimum absolute atomic E-state index is 0.264. The number of rotatable bonds is 6. The van der Waals surface area contributed by atoms with E-state index in [1.165, 1.54) is 9.80 Å². The van der Waals surface area contributed by atoms with Crippen LogP contribution in [0.5, 0.6) is 0 Å². The van der Waals surface area contributed by atoms with Gasteiger partial charge in [0.1, 0.15) is 0 Å². The summed E-state index contributed by atoms with van der Waals surface area (Å²) < 4.78 is 0. The summed E-state index contributed by atoms with van der Waals surface area (Å²) in [6.07, 6.45) is 3.66. The van der Waals surface area contributed by atoms with Crippen molar-refractivity contribution < 1.29 is 19.2 Å². The van der Waals surface area contributed by atoms with Crippen molar-refractivity contribution in [1.82, 2.24) is 0 Å². The van der Waals surface area contributed by atoms with Crippen LogP contribution in [-0.4, -0.2) is 36.1 Å². The highest BCUT2D eigenvalue weighted by atomic mass is 32.1. The van der Waals surface area contributed by atoms with Crippen LogP contribution in [0.1, 0.15) is 95.7 Å². The Morgan fingerprint density at radius 3 is 1.00 bits per heavy atom. The van der Waals surface area contributed by atoms with Gasteiger partial charge in [-0.1, -0.05) is 12.1 Å². The van der Waals surface area contributed by atoms with Crippen LogP contribution in [-0.2, 0) is 0 Å². The minimum Gasteiger partial charge on any atom is -0.268 e. The number of imide groups is 2. The quantitative estimate of drug-likeness (QED) is 0.125. The van der Waals surface area contributed by atoms with E-state index < -0.39 is 23.6 Å². The number of carbonyl (C=O) groups is 4. The molecule has 4 heterocycles. The first-order chi connectivity index (χ1) is 25.8. The van der Waals surface area contributed by atoms with E-state index in [9.17, 15) is 19.2 Å². The molecule has 0 radical (unpaired) electrons. The van der Waals surface area contributed by atoms with E-state index in [-0.39, 0.29) is 22.3 Å². The van der Waals surface area contributed by atoms with Crippen molar-refractivity contribution >= 4 is 92.3 Å². The highest BCUT2D eigenvalue weighted by Crippen LogP contribution is 2.46. The summed E-state index contributed by atoms with van der Waals surface area (Å²) in [5.74, 6) is -2.02. The first-order valence-electron chi connectivity index (χ1n) is 17.6. The summed E-state index contributed by atoms with van der Waals surface area (Å²) in [6, 6.07) is 14.4. The Labute approximate surface area is 321 Å². The van der Waals surface area contributed by atoms with Gasteiger partial charge in [0.2, 0.25) is 0 Å². The van der Waals surface area contributed by atoms with Gasteiger partial charge in [-0.3, -0.25) is 29.2 Å². The summed E-state index contributed by atoms with van der Waals surface area (Å²) in [6.45, 7) is 15.4. The molecule has 4 aromatic carbocycles. The van der Waals surface area contributed by atoms with Crippen molar-refractivity contribution in [2.24, 2.45) is 9.98 Å². The number of aliphatic imine (C=N–C) groups is 2. The molecule has 0 saturated heterocycles. The maximum Gasteiger partial charge on any atom is 0.266 e. The number of nitrogens with zero attached hydrogens (tertiary/aromatic N) is 4. The molecule has 0 spiro atoms. The van der Waals surface area contributed by atoms with Crippen LogP contribution in [0, 0.1) is 55.4 Å². The van der Waals surface area contributed by atoms with Gasteiger partial charge in [0.15, 0.2) is 0 Å². The van der Waals surface area contributed by atoms with Gasteiger partial charge in [-0.25, -0.2) is 9.80 Å². The molecule has 4 amide bonds. The topological polar surface area (TPSA) is 99.5 Å². The summed E-state index contributed by atoms with van der Waals surface area (Å²) in [5, 5.41) is 4.65. The molecule has 8 nitrogen and oxygen atoms in total. The largest absolute Gasteiger partial charge is 0.268 e. The third-order valence-corrected chi connectivity index (χ3v) is 12.8. The Bertz CT molecular complexity index is 2410. The van der Waals surface area contributed by atoms with E-state index in [2.05, 4.69) is 0 Å². The lowest BCUT2D eigenvalue weighted by atomic mass is 9.84. The lowest BCUT2D eigenvalue weighted by Crippen LogP contribution is -2.44. The molecule has 10 heteroatoms.